The van der Waals surface area contributed by atoms with Crippen LogP contribution in [0.1, 0.15) is 18.9 Å². The molecule has 1 rings (SSSR count). The number of carbonyl (C=O) groups excluding carboxylic acids is 1. The third-order valence-corrected chi connectivity index (χ3v) is 3.46. The summed E-state index contributed by atoms with van der Waals surface area (Å²) >= 11 is 3.40. The number of nitrogens with one attached hydrogen (secondary N) is 1. The van der Waals surface area contributed by atoms with Crippen molar-refractivity contribution in [3.05, 3.63) is 28.2 Å². The first-order chi connectivity index (χ1) is 8.60. The Kier molecular flexibility index (Phi) is 6.15. The summed E-state index contributed by atoms with van der Waals surface area (Å²) in [6, 6.07) is 5.32. The zero-order valence-electron chi connectivity index (χ0n) is 10.6. The van der Waals surface area contributed by atoms with Gasteiger partial charge < -0.3 is 15.2 Å². The van der Waals surface area contributed by atoms with Gasteiger partial charge in [-0.1, -0.05) is 22.9 Å². The van der Waals surface area contributed by atoms with Crippen molar-refractivity contribution in [1.29, 1.82) is 0 Å². The Hall–Kier alpha value is -1.07. The molecule has 1 aromatic carbocycles. The van der Waals surface area contributed by atoms with Gasteiger partial charge in [0.25, 0.3) is 0 Å². The number of methoxy groups -OCH3 is 1. The minimum atomic E-state index is -0.179. The number of benzene rings is 1. The molecule has 100 valence electrons. The van der Waals surface area contributed by atoms with Crippen molar-refractivity contribution >= 4 is 21.8 Å². The van der Waals surface area contributed by atoms with Gasteiger partial charge in [-0.25, -0.2) is 0 Å². The second kappa shape index (κ2) is 7.38. The van der Waals surface area contributed by atoms with Gasteiger partial charge in [0.1, 0.15) is 5.75 Å². The van der Waals surface area contributed by atoms with Gasteiger partial charge in [-0.15, -0.1) is 0 Å². The molecule has 1 unspecified atom stereocenters. The van der Waals surface area contributed by atoms with Gasteiger partial charge >= 0.3 is 0 Å². The molecular weight excluding hydrogens is 298 g/mol. The molecule has 1 atom stereocenters. The van der Waals surface area contributed by atoms with Crippen LogP contribution in [0.25, 0.3) is 0 Å². The van der Waals surface area contributed by atoms with Crippen molar-refractivity contribution < 1.29 is 14.6 Å². The SMILES string of the molecule is CCC(CO)NC(=O)Cc1cc(OC)ccc1Br. The molecule has 1 amide bonds. The van der Waals surface area contributed by atoms with E-state index in [-0.39, 0.29) is 25.0 Å². The predicted molar refractivity (Wildman–Crippen MR) is 73.7 cm³/mol. The van der Waals surface area contributed by atoms with Crippen molar-refractivity contribution in [1.82, 2.24) is 5.32 Å². The second-order valence-corrected chi connectivity index (χ2v) is 4.84. The third-order valence-electron chi connectivity index (χ3n) is 2.68. The number of aliphatic hydroxyl groups is 1. The van der Waals surface area contributed by atoms with E-state index < -0.39 is 0 Å². The zero-order chi connectivity index (χ0) is 13.5. The molecule has 0 radical (unpaired) electrons. The molecule has 0 heterocycles. The van der Waals surface area contributed by atoms with Gasteiger partial charge in [0.05, 0.1) is 26.2 Å². The average Bonchev–Trinajstić information content (AvgIpc) is 2.38. The van der Waals surface area contributed by atoms with Gasteiger partial charge in [-0.2, -0.15) is 0 Å². The van der Waals surface area contributed by atoms with E-state index in [1.807, 2.05) is 25.1 Å². The minimum Gasteiger partial charge on any atom is -0.497 e. The second-order valence-electron chi connectivity index (χ2n) is 3.99. The fourth-order valence-electron chi connectivity index (χ4n) is 1.54. The molecule has 0 spiro atoms. The van der Waals surface area contributed by atoms with Crippen molar-refractivity contribution in [3.8, 4) is 5.75 Å². The lowest BCUT2D eigenvalue weighted by atomic mass is 10.1. The van der Waals surface area contributed by atoms with E-state index in [2.05, 4.69) is 21.2 Å². The van der Waals surface area contributed by atoms with E-state index in [9.17, 15) is 4.79 Å². The van der Waals surface area contributed by atoms with E-state index in [1.54, 1.807) is 7.11 Å². The van der Waals surface area contributed by atoms with Crippen molar-refractivity contribution in [2.45, 2.75) is 25.8 Å². The van der Waals surface area contributed by atoms with Crippen LogP contribution in [0.4, 0.5) is 0 Å². The normalized spacial score (nSPS) is 12.0. The molecule has 18 heavy (non-hydrogen) atoms. The van der Waals surface area contributed by atoms with Crippen LogP contribution >= 0.6 is 15.9 Å². The van der Waals surface area contributed by atoms with Crippen LogP contribution in [-0.2, 0) is 11.2 Å². The summed E-state index contributed by atoms with van der Waals surface area (Å²) in [7, 11) is 1.59. The summed E-state index contributed by atoms with van der Waals surface area (Å²) in [4.78, 5) is 11.8. The Balaban J connectivity index is 2.69. The fraction of sp³-hybridized carbons (Fsp3) is 0.462. The monoisotopic (exact) mass is 315 g/mol. The van der Waals surface area contributed by atoms with E-state index in [4.69, 9.17) is 9.84 Å². The van der Waals surface area contributed by atoms with Crippen LogP contribution in [0.2, 0.25) is 0 Å². The Morgan fingerprint density at radius 3 is 2.83 bits per heavy atom. The van der Waals surface area contributed by atoms with Crippen LogP contribution in [0.3, 0.4) is 0 Å². The first-order valence-corrected chi connectivity index (χ1v) is 6.62. The predicted octanol–water partition coefficient (Wildman–Crippen LogP) is 1.89. The molecule has 0 aliphatic heterocycles. The smallest absolute Gasteiger partial charge is 0.224 e. The molecular formula is C13H18BrNO3. The molecule has 0 saturated carbocycles. The molecule has 4 nitrogen and oxygen atoms in total. The van der Waals surface area contributed by atoms with Gasteiger partial charge in [0, 0.05) is 4.47 Å². The van der Waals surface area contributed by atoms with Gasteiger partial charge in [0.2, 0.25) is 5.91 Å². The number of hydrogen-bond acceptors (Lipinski definition) is 3. The number of ether oxygens (including phenoxy) is 1. The van der Waals surface area contributed by atoms with Crippen molar-refractivity contribution in [2.24, 2.45) is 0 Å². The van der Waals surface area contributed by atoms with E-state index in [0.29, 0.717) is 6.42 Å². The first-order valence-electron chi connectivity index (χ1n) is 5.83. The maximum absolute atomic E-state index is 11.8. The highest BCUT2D eigenvalue weighted by molar-refractivity contribution is 9.10. The summed E-state index contributed by atoms with van der Waals surface area (Å²) < 4.78 is 5.99. The largest absolute Gasteiger partial charge is 0.497 e. The number of amides is 1. The summed E-state index contributed by atoms with van der Waals surface area (Å²) in [6.45, 7) is 1.88. The highest BCUT2D eigenvalue weighted by Crippen LogP contribution is 2.22. The zero-order valence-corrected chi connectivity index (χ0v) is 12.2. The Morgan fingerprint density at radius 2 is 2.28 bits per heavy atom. The molecule has 2 N–H and O–H groups in total. The lowest BCUT2D eigenvalue weighted by Gasteiger charge is -2.14. The molecule has 5 heteroatoms. The lowest BCUT2D eigenvalue weighted by Crippen LogP contribution is -2.37. The lowest BCUT2D eigenvalue weighted by molar-refractivity contribution is -0.121. The van der Waals surface area contributed by atoms with Crippen LogP contribution in [0, 0.1) is 0 Å². The number of rotatable bonds is 6. The highest BCUT2D eigenvalue weighted by atomic mass is 79.9. The quantitative estimate of drug-likeness (QED) is 0.842. The fourth-order valence-corrected chi connectivity index (χ4v) is 1.93. The number of halogens is 1. The molecule has 1 aromatic rings. The molecule has 0 aliphatic carbocycles. The van der Waals surface area contributed by atoms with Gasteiger partial charge in [0.15, 0.2) is 0 Å². The maximum atomic E-state index is 11.8. The first kappa shape index (κ1) is 15.0. The number of hydrogen-bond donors (Lipinski definition) is 2. The standard InChI is InChI=1S/C13H18BrNO3/c1-3-10(8-16)15-13(17)7-9-6-11(18-2)4-5-12(9)14/h4-6,10,16H,3,7-8H2,1-2H3,(H,15,17). The topological polar surface area (TPSA) is 58.6 Å². The molecule has 0 aliphatic rings. The van der Waals surface area contributed by atoms with Crippen molar-refractivity contribution in [3.63, 3.8) is 0 Å². The van der Waals surface area contributed by atoms with Crippen molar-refractivity contribution in [2.75, 3.05) is 13.7 Å². The molecule has 0 saturated heterocycles. The van der Waals surface area contributed by atoms with Gasteiger partial charge in [-0.05, 0) is 30.2 Å². The van der Waals surface area contributed by atoms with E-state index in [0.717, 1.165) is 15.8 Å². The Morgan fingerprint density at radius 1 is 1.56 bits per heavy atom. The van der Waals surface area contributed by atoms with E-state index in [1.165, 1.54) is 0 Å². The highest BCUT2D eigenvalue weighted by Gasteiger charge is 2.12. The maximum Gasteiger partial charge on any atom is 0.224 e. The summed E-state index contributed by atoms with van der Waals surface area (Å²) in [5.74, 6) is 0.611. The number of aliphatic hydroxyl groups excluding tert-OH is 1. The Bertz CT molecular complexity index is 405. The summed E-state index contributed by atoms with van der Waals surface area (Å²) in [5, 5.41) is 11.8. The third kappa shape index (κ3) is 4.31. The van der Waals surface area contributed by atoms with Crippen LogP contribution in [0.15, 0.2) is 22.7 Å². The molecule has 0 bridgehead atoms. The molecule has 0 fully saturated rings. The Labute approximate surface area is 115 Å². The van der Waals surface area contributed by atoms with Gasteiger partial charge in [-0.3, -0.25) is 4.79 Å². The average molecular weight is 316 g/mol. The van der Waals surface area contributed by atoms with E-state index >= 15 is 0 Å². The molecule has 0 aromatic heterocycles. The minimum absolute atomic E-state index is 0.0402. The summed E-state index contributed by atoms with van der Waals surface area (Å²) in [5.41, 5.74) is 0.861. The van der Waals surface area contributed by atoms with Crippen LogP contribution in [-0.4, -0.2) is 30.8 Å². The summed E-state index contributed by atoms with van der Waals surface area (Å²) in [6.07, 6.45) is 0.968. The van der Waals surface area contributed by atoms with Crippen LogP contribution < -0.4 is 10.1 Å². The van der Waals surface area contributed by atoms with Crippen LogP contribution in [0.5, 0.6) is 5.75 Å². The number of carbonyl (C=O) groups is 1.